The molecular weight excluding hydrogens is 288 g/mol. The zero-order chi connectivity index (χ0) is 14.0. The Labute approximate surface area is 116 Å². The fourth-order valence-corrected chi connectivity index (χ4v) is 3.62. The van der Waals surface area contributed by atoms with E-state index in [1.54, 1.807) is 12.1 Å². The van der Waals surface area contributed by atoms with Gasteiger partial charge in [0.15, 0.2) is 0 Å². The van der Waals surface area contributed by atoms with E-state index in [2.05, 4.69) is 5.32 Å². The summed E-state index contributed by atoms with van der Waals surface area (Å²) in [5.74, 6) is -0.624. The molecule has 7 heteroatoms. The quantitative estimate of drug-likeness (QED) is 0.810. The molecule has 5 nitrogen and oxygen atoms in total. The molecule has 0 fully saturated rings. The minimum atomic E-state index is -3.77. The summed E-state index contributed by atoms with van der Waals surface area (Å²) in [7, 11) is -3.77. The van der Waals surface area contributed by atoms with Crippen molar-refractivity contribution in [2.75, 3.05) is 13.1 Å². The number of halogens is 1. The first-order valence-electron chi connectivity index (χ1n) is 5.72. The number of fused-ring (bicyclic) bond motifs is 1. The maximum absolute atomic E-state index is 12.2. The van der Waals surface area contributed by atoms with Crippen LogP contribution in [0.3, 0.4) is 0 Å². The first-order valence-corrected chi connectivity index (χ1v) is 7.58. The molecule has 1 aliphatic rings. The monoisotopic (exact) mass is 300 g/mol. The molecule has 0 aromatic heterocycles. The van der Waals surface area contributed by atoms with Gasteiger partial charge in [-0.05, 0) is 31.2 Å². The Hall–Kier alpha value is -1.37. The van der Waals surface area contributed by atoms with Gasteiger partial charge in [0.25, 0.3) is 5.91 Å². The van der Waals surface area contributed by atoms with Gasteiger partial charge in [0.1, 0.15) is 4.91 Å². The summed E-state index contributed by atoms with van der Waals surface area (Å²) >= 11 is 5.94. The largest absolute Gasteiger partial charge is 0.351 e. The molecule has 0 unspecified atom stereocenters. The average molecular weight is 301 g/mol. The normalized spacial score (nSPS) is 15.8. The number of carbonyl (C=O) groups is 1. The highest BCUT2D eigenvalue weighted by molar-refractivity contribution is 7.96. The Bertz CT molecular complexity index is 653. The average Bonchev–Trinajstić information content (AvgIpc) is 2.63. The van der Waals surface area contributed by atoms with Crippen molar-refractivity contribution < 1.29 is 13.2 Å². The van der Waals surface area contributed by atoms with Gasteiger partial charge in [-0.1, -0.05) is 17.7 Å². The molecule has 1 heterocycles. The van der Waals surface area contributed by atoms with Crippen molar-refractivity contribution in [1.29, 1.82) is 0 Å². The molecule has 0 saturated carbocycles. The summed E-state index contributed by atoms with van der Waals surface area (Å²) in [6.45, 7) is 0.768. The van der Waals surface area contributed by atoms with E-state index in [1.165, 1.54) is 12.1 Å². The zero-order valence-corrected chi connectivity index (χ0v) is 11.6. The molecule has 0 bridgehead atoms. The van der Waals surface area contributed by atoms with Crippen LogP contribution in [0.15, 0.2) is 28.0 Å². The van der Waals surface area contributed by atoms with E-state index in [0.717, 1.165) is 0 Å². The van der Waals surface area contributed by atoms with Gasteiger partial charge >= 0.3 is 0 Å². The lowest BCUT2D eigenvalue weighted by Gasteiger charge is -2.05. The summed E-state index contributed by atoms with van der Waals surface area (Å²) in [6.07, 6.45) is 1.90. The van der Waals surface area contributed by atoms with Crippen molar-refractivity contribution >= 4 is 33.4 Å². The van der Waals surface area contributed by atoms with Crippen LogP contribution in [0, 0.1) is 0 Å². The minimum Gasteiger partial charge on any atom is -0.351 e. The van der Waals surface area contributed by atoms with Crippen LogP contribution in [-0.4, -0.2) is 27.4 Å². The highest BCUT2D eigenvalue weighted by atomic mass is 35.5. The van der Waals surface area contributed by atoms with Crippen LogP contribution in [0.25, 0.3) is 6.08 Å². The molecule has 0 spiro atoms. The fourth-order valence-electron chi connectivity index (χ4n) is 1.80. The molecule has 2 rings (SSSR count). The lowest BCUT2D eigenvalue weighted by molar-refractivity contribution is -0.116. The number of amides is 1. The summed E-state index contributed by atoms with van der Waals surface area (Å²) in [5, 5.41) is 2.84. The van der Waals surface area contributed by atoms with Crippen molar-refractivity contribution in [3.8, 4) is 0 Å². The van der Waals surface area contributed by atoms with Gasteiger partial charge < -0.3 is 11.1 Å². The Morgan fingerprint density at radius 2 is 2.11 bits per heavy atom. The first-order chi connectivity index (χ1) is 8.98. The van der Waals surface area contributed by atoms with E-state index < -0.39 is 15.7 Å². The highest BCUT2D eigenvalue weighted by Crippen LogP contribution is 2.36. The van der Waals surface area contributed by atoms with Gasteiger partial charge in [0.05, 0.1) is 4.90 Å². The molecule has 0 atom stereocenters. The number of hydrogen-bond donors (Lipinski definition) is 2. The lowest BCUT2D eigenvalue weighted by Crippen LogP contribution is -2.29. The van der Waals surface area contributed by atoms with Crippen LogP contribution >= 0.6 is 11.6 Å². The van der Waals surface area contributed by atoms with Crippen LogP contribution in [0.4, 0.5) is 0 Å². The van der Waals surface area contributed by atoms with E-state index in [0.29, 0.717) is 30.1 Å². The van der Waals surface area contributed by atoms with E-state index >= 15 is 0 Å². The third kappa shape index (κ3) is 2.51. The van der Waals surface area contributed by atoms with Gasteiger partial charge in [-0.2, -0.15) is 0 Å². The topological polar surface area (TPSA) is 89.3 Å². The number of rotatable bonds is 4. The fraction of sp³-hybridized carbons (Fsp3) is 0.250. The van der Waals surface area contributed by atoms with Crippen LogP contribution in [0.2, 0.25) is 5.02 Å². The van der Waals surface area contributed by atoms with Gasteiger partial charge in [-0.25, -0.2) is 8.42 Å². The summed E-state index contributed by atoms with van der Waals surface area (Å²) < 4.78 is 24.4. The first kappa shape index (κ1) is 14.0. The number of sulfone groups is 1. The van der Waals surface area contributed by atoms with Crippen molar-refractivity contribution in [2.24, 2.45) is 5.73 Å². The number of carbonyl (C=O) groups excluding carboxylic acids is 1. The van der Waals surface area contributed by atoms with Crippen LogP contribution in [-0.2, 0) is 14.6 Å². The second-order valence-electron chi connectivity index (χ2n) is 4.06. The Morgan fingerprint density at radius 3 is 2.74 bits per heavy atom. The van der Waals surface area contributed by atoms with E-state index in [9.17, 15) is 13.2 Å². The molecule has 1 aliphatic heterocycles. The van der Waals surface area contributed by atoms with Gasteiger partial charge in [-0.3, -0.25) is 4.79 Å². The maximum Gasteiger partial charge on any atom is 0.263 e. The second-order valence-corrected chi connectivity index (χ2v) is 6.36. The standard InChI is InChI=1S/C12H13ClN2O3S/c13-9-3-1-4-10-8(9)7-11(19(10,17)18)12(16)15-6-2-5-14/h1,3-4,7H,2,5-6,14H2,(H,15,16). The molecule has 0 radical (unpaired) electrons. The van der Waals surface area contributed by atoms with Crippen LogP contribution in [0.5, 0.6) is 0 Å². The number of nitrogens with two attached hydrogens (primary N) is 1. The zero-order valence-electron chi connectivity index (χ0n) is 10.0. The molecule has 0 aliphatic carbocycles. The molecule has 0 saturated heterocycles. The minimum absolute atomic E-state index is 0.0731. The Kier molecular flexibility index (Phi) is 3.93. The molecule has 3 N–H and O–H groups in total. The van der Waals surface area contributed by atoms with Crippen LogP contribution in [0.1, 0.15) is 12.0 Å². The predicted octanol–water partition coefficient (Wildman–Crippen LogP) is 0.933. The van der Waals surface area contributed by atoms with Crippen molar-refractivity contribution in [2.45, 2.75) is 11.3 Å². The van der Waals surface area contributed by atoms with Gasteiger partial charge in [0, 0.05) is 17.1 Å². The van der Waals surface area contributed by atoms with E-state index in [4.69, 9.17) is 17.3 Å². The predicted molar refractivity (Wildman–Crippen MR) is 73.3 cm³/mol. The summed E-state index contributed by atoms with van der Waals surface area (Å²) in [4.78, 5) is 11.7. The third-order valence-electron chi connectivity index (χ3n) is 2.76. The molecular formula is C12H13ClN2O3S. The van der Waals surface area contributed by atoms with Crippen molar-refractivity contribution in [3.05, 3.63) is 33.7 Å². The smallest absolute Gasteiger partial charge is 0.263 e. The van der Waals surface area contributed by atoms with E-state index in [1.807, 2.05) is 0 Å². The SMILES string of the molecule is NCCCNC(=O)C1=Cc2c(Cl)cccc2S1(=O)=O. The molecule has 19 heavy (non-hydrogen) atoms. The second kappa shape index (κ2) is 5.32. The highest BCUT2D eigenvalue weighted by Gasteiger charge is 2.34. The van der Waals surface area contributed by atoms with Crippen molar-refractivity contribution in [1.82, 2.24) is 5.32 Å². The molecule has 1 aromatic rings. The Morgan fingerprint density at radius 1 is 1.37 bits per heavy atom. The third-order valence-corrected chi connectivity index (χ3v) is 4.90. The summed E-state index contributed by atoms with van der Waals surface area (Å²) in [6, 6.07) is 4.57. The van der Waals surface area contributed by atoms with Gasteiger partial charge in [-0.15, -0.1) is 0 Å². The van der Waals surface area contributed by atoms with Gasteiger partial charge in [0.2, 0.25) is 9.84 Å². The maximum atomic E-state index is 12.2. The van der Waals surface area contributed by atoms with E-state index in [-0.39, 0.29) is 9.80 Å². The molecule has 102 valence electrons. The molecule has 1 amide bonds. The van der Waals surface area contributed by atoms with Crippen LogP contribution < -0.4 is 11.1 Å². The number of nitrogens with one attached hydrogen (secondary N) is 1. The summed E-state index contributed by atoms with van der Waals surface area (Å²) in [5.41, 5.74) is 5.68. The Balaban J connectivity index is 2.33. The lowest BCUT2D eigenvalue weighted by atomic mass is 10.2. The molecule has 1 aromatic carbocycles. The number of hydrogen-bond acceptors (Lipinski definition) is 4. The van der Waals surface area contributed by atoms with Crippen molar-refractivity contribution in [3.63, 3.8) is 0 Å². The number of benzene rings is 1.